The van der Waals surface area contributed by atoms with Crippen molar-refractivity contribution in [2.45, 2.75) is 51.4 Å². The van der Waals surface area contributed by atoms with Crippen molar-refractivity contribution in [3.05, 3.63) is 35.9 Å². The predicted octanol–water partition coefficient (Wildman–Crippen LogP) is 4.01. The quantitative estimate of drug-likeness (QED) is 0.234. The van der Waals surface area contributed by atoms with Gasteiger partial charge in [-0.15, -0.1) is 24.0 Å². The summed E-state index contributed by atoms with van der Waals surface area (Å²) in [5.41, 5.74) is 1.75. The van der Waals surface area contributed by atoms with E-state index in [1.807, 2.05) is 7.05 Å². The van der Waals surface area contributed by atoms with E-state index in [2.05, 4.69) is 64.7 Å². The smallest absolute Gasteiger partial charge is 0.191 e. The summed E-state index contributed by atoms with van der Waals surface area (Å²) < 4.78 is 0. The summed E-state index contributed by atoms with van der Waals surface area (Å²) >= 11 is 0. The van der Waals surface area contributed by atoms with E-state index in [-0.39, 0.29) is 24.0 Å². The summed E-state index contributed by atoms with van der Waals surface area (Å²) in [5, 5.41) is 7.03. The number of unbranched alkanes of at least 4 members (excludes halogenated alkanes) is 1. The van der Waals surface area contributed by atoms with Crippen LogP contribution in [0.25, 0.3) is 0 Å². The molecule has 2 rings (SSSR count). The van der Waals surface area contributed by atoms with Crippen LogP contribution in [0, 0.1) is 0 Å². The van der Waals surface area contributed by atoms with Crippen LogP contribution in [0.2, 0.25) is 0 Å². The molecule has 0 bridgehead atoms. The highest BCUT2D eigenvalue weighted by Crippen LogP contribution is 2.43. The van der Waals surface area contributed by atoms with Gasteiger partial charge in [0.2, 0.25) is 0 Å². The molecule has 1 aliphatic carbocycles. The Morgan fingerprint density at radius 3 is 2.31 bits per heavy atom. The molecule has 26 heavy (non-hydrogen) atoms. The number of nitrogens with one attached hydrogen (secondary N) is 2. The Labute approximate surface area is 177 Å². The molecule has 5 heteroatoms. The molecular weight excluding hydrogens is 435 g/mol. The highest BCUT2D eigenvalue weighted by molar-refractivity contribution is 14.0. The van der Waals surface area contributed by atoms with Crippen molar-refractivity contribution in [1.29, 1.82) is 0 Å². The van der Waals surface area contributed by atoms with Gasteiger partial charge in [0.1, 0.15) is 0 Å². The van der Waals surface area contributed by atoms with Gasteiger partial charge in [-0.25, -0.2) is 0 Å². The van der Waals surface area contributed by atoms with Crippen LogP contribution >= 0.6 is 24.0 Å². The summed E-state index contributed by atoms with van der Waals surface area (Å²) in [6, 6.07) is 10.9. The largest absolute Gasteiger partial charge is 0.356 e. The zero-order chi connectivity index (χ0) is 18.0. The SMILES string of the molecule is CCN(CC)CCCCNC(=NC)NCC1(c2ccccc2)CCC1.I. The van der Waals surface area contributed by atoms with Gasteiger partial charge in [0, 0.05) is 25.6 Å². The average molecular weight is 472 g/mol. The van der Waals surface area contributed by atoms with E-state index in [0.29, 0.717) is 5.41 Å². The maximum atomic E-state index is 4.39. The first kappa shape index (κ1) is 23.2. The molecule has 0 radical (unpaired) electrons. The lowest BCUT2D eigenvalue weighted by molar-refractivity contribution is 0.244. The Morgan fingerprint density at radius 1 is 1.08 bits per heavy atom. The highest BCUT2D eigenvalue weighted by atomic mass is 127. The fourth-order valence-electron chi connectivity index (χ4n) is 3.64. The topological polar surface area (TPSA) is 39.7 Å². The van der Waals surface area contributed by atoms with E-state index in [4.69, 9.17) is 0 Å². The number of hydrogen-bond acceptors (Lipinski definition) is 2. The number of benzene rings is 1. The van der Waals surface area contributed by atoms with E-state index >= 15 is 0 Å². The molecule has 1 aliphatic rings. The third kappa shape index (κ3) is 6.72. The molecule has 1 aromatic carbocycles. The fraction of sp³-hybridized carbons (Fsp3) is 0.667. The summed E-state index contributed by atoms with van der Waals surface area (Å²) in [6.07, 6.45) is 6.28. The van der Waals surface area contributed by atoms with Crippen LogP contribution in [-0.4, -0.2) is 50.6 Å². The second-order valence-electron chi connectivity index (χ2n) is 7.09. The summed E-state index contributed by atoms with van der Waals surface area (Å²) in [6.45, 7) is 9.91. The maximum absolute atomic E-state index is 4.39. The molecule has 0 saturated heterocycles. The molecule has 0 amide bonds. The van der Waals surface area contributed by atoms with Crippen molar-refractivity contribution >= 4 is 29.9 Å². The fourth-order valence-corrected chi connectivity index (χ4v) is 3.64. The minimum Gasteiger partial charge on any atom is -0.356 e. The Morgan fingerprint density at radius 2 is 1.77 bits per heavy atom. The molecular formula is C21H37IN4. The Bertz CT molecular complexity index is 510. The van der Waals surface area contributed by atoms with Crippen molar-refractivity contribution in [2.75, 3.05) is 39.8 Å². The first-order chi connectivity index (χ1) is 12.2. The van der Waals surface area contributed by atoms with Crippen molar-refractivity contribution in [3.8, 4) is 0 Å². The molecule has 2 N–H and O–H groups in total. The minimum atomic E-state index is 0. The highest BCUT2D eigenvalue weighted by Gasteiger charge is 2.38. The van der Waals surface area contributed by atoms with Gasteiger partial charge < -0.3 is 15.5 Å². The molecule has 0 atom stereocenters. The van der Waals surface area contributed by atoms with Crippen LogP contribution in [0.4, 0.5) is 0 Å². The van der Waals surface area contributed by atoms with Crippen LogP contribution in [0.3, 0.4) is 0 Å². The Kier molecular flexibility index (Phi) is 11.2. The minimum absolute atomic E-state index is 0. The van der Waals surface area contributed by atoms with Crippen LogP contribution in [0.1, 0.15) is 51.5 Å². The number of aliphatic imine (C=N–C) groups is 1. The van der Waals surface area contributed by atoms with E-state index < -0.39 is 0 Å². The molecule has 1 saturated carbocycles. The molecule has 148 valence electrons. The van der Waals surface area contributed by atoms with Gasteiger partial charge in [-0.1, -0.05) is 50.6 Å². The first-order valence-corrected chi connectivity index (χ1v) is 9.96. The zero-order valence-electron chi connectivity index (χ0n) is 16.8. The number of rotatable bonds is 10. The van der Waals surface area contributed by atoms with Gasteiger partial charge in [-0.3, -0.25) is 4.99 Å². The summed E-state index contributed by atoms with van der Waals surface area (Å²) in [4.78, 5) is 6.87. The maximum Gasteiger partial charge on any atom is 0.191 e. The molecule has 1 fully saturated rings. The first-order valence-electron chi connectivity index (χ1n) is 9.96. The van der Waals surface area contributed by atoms with Crippen molar-refractivity contribution < 1.29 is 0 Å². The Balaban J connectivity index is 0.00000338. The van der Waals surface area contributed by atoms with E-state index in [1.165, 1.54) is 44.2 Å². The summed E-state index contributed by atoms with van der Waals surface area (Å²) in [5.74, 6) is 0.935. The van der Waals surface area contributed by atoms with Crippen LogP contribution in [0.15, 0.2) is 35.3 Å². The standard InChI is InChI=1S/C21H36N4.HI/c1-4-25(5-2)17-10-9-16-23-20(22-3)24-18-21(14-11-15-21)19-12-7-6-8-13-19;/h6-8,12-13H,4-5,9-11,14-18H2,1-3H3,(H2,22,23,24);1H. The van der Waals surface area contributed by atoms with E-state index in [9.17, 15) is 0 Å². The third-order valence-corrected chi connectivity index (χ3v) is 5.60. The molecule has 0 aromatic heterocycles. The lowest BCUT2D eigenvalue weighted by Crippen LogP contribution is -2.49. The second kappa shape index (κ2) is 12.5. The lowest BCUT2D eigenvalue weighted by Gasteiger charge is -2.43. The van der Waals surface area contributed by atoms with Crippen molar-refractivity contribution in [2.24, 2.45) is 4.99 Å². The van der Waals surface area contributed by atoms with Crippen LogP contribution in [-0.2, 0) is 5.41 Å². The second-order valence-corrected chi connectivity index (χ2v) is 7.09. The number of nitrogens with zero attached hydrogens (tertiary/aromatic N) is 2. The predicted molar refractivity (Wildman–Crippen MR) is 124 cm³/mol. The van der Waals surface area contributed by atoms with Crippen molar-refractivity contribution in [1.82, 2.24) is 15.5 Å². The number of hydrogen-bond donors (Lipinski definition) is 2. The van der Waals surface area contributed by atoms with Crippen LogP contribution < -0.4 is 10.6 Å². The van der Waals surface area contributed by atoms with Gasteiger partial charge in [0.25, 0.3) is 0 Å². The van der Waals surface area contributed by atoms with Crippen molar-refractivity contribution in [3.63, 3.8) is 0 Å². The van der Waals surface area contributed by atoms with Gasteiger partial charge in [0.15, 0.2) is 5.96 Å². The van der Waals surface area contributed by atoms with Gasteiger partial charge in [0.05, 0.1) is 0 Å². The summed E-state index contributed by atoms with van der Waals surface area (Å²) in [7, 11) is 1.86. The molecule has 4 nitrogen and oxygen atoms in total. The van der Waals surface area contributed by atoms with Crippen LogP contribution in [0.5, 0.6) is 0 Å². The molecule has 0 unspecified atom stereocenters. The Hall–Kier alpha value is -0.820. The van der Waals surface area contributed by atoms with Gasteiger partial charge in [-0.2, -0.15) is 0 Å². The van der Waals surface area contributed by atoms with E-state index in [1.54, 1.807) is 0 Å². The molecule has 0 aliphatic heterocycles. The molecule has 0 heterocycles. The average Bonchev–Trinajstić information content (AvgIpc) is 2.63. The normalized spacial score (nSPS) is 15.9. The lowest BCUT2D eigenvalue weighted by atomic mass is 9.64. The number of guanidine groups is 1. The monoisotopic (exact) mass is 472 g/mol. The zero-order valence-corrected chi connectivity index (χ0v) is 19.1. The van der Waals surface area contributed by atoms with E-state index in [0.717, 1.165) is 32.1 Å². The third-order valence-electron chi connectivity index (χ3n) is 5.60. The molecule has 0 spiro atoms. The van der Waals surface area contributed by atoms with Gasteiger partial charge >= 0.3 is 0 Å². The number of halogens is 1. The van der Waals surface area contributed by atoms with Gasteiger partial charge in [-0.05, 0) is 50.9 Å². The molecule has 1 aromatic rings.